The van der Waals surface area contributed by atoms with Crippen LogP contribution in [-0.2, 0) is 0 Å². The summed E-state index contributed by atoms with van der Waals surface area (Å²) in [6.45, 7) is 4.57. The molecule has 0 aliphatic rings. The lowest BCUT2D eigenvalue weighted by atomic mass is 9.96. The van der Waals surface area contributed by atoms with Gasteiger partial charge in [0.2, 0.25) is 0 Å². The number of hydrogen-bond acceptors (Lipinski definition) is 0. The van der Waals surface area contributed by atoms with Gasteiger partial charge < -0.3 is 0 Å². The number of alkyl halides is 1. The van der Waals surface area contributed by atoms with Crippen LogP contribution in [0.3, 0.4) is 0 Å². The second-order valence-corrected chi connectivity index (χ2v) is 5.37. The Hall–Kier alpha value is 0.480. The quantitative estimate of drug-likeness (QED) is 0.324. The Morgan fingerprint density at radius 3 is 1.53 bits per heavy atom. The van der Waals surface area contributed by atoms with Crippen LogP contribution >= 0.6 is 15.9 Å². The molecule has 0 spiro atoms. The number of hydrogen-bond donors (Lipinski definition) is 0. The summed E-state index contributed by atoms with van der Waals surface area (Å²) in [5.41, 5.74) is 0. The van der Waals surface area contributed by atoms with Gasteiger partial charge in [-0.15, -0.1) is 0 Å². The number of halogens is 1. The zero-order chi connectivity index (χ0) is 11.4. The largest absolute Gasteiger partial charge is 0.0925 e. The van der Waals surface area contributed by atoms with Gasteiger partial charge in [0.15, 0.2) is 0 Å². The molecule has 0 unspecified atom stereocenters. The third kappa shape index (κ3) is 10.8. The van der Waals surface area contributed by atoms with E-state index in [2.05, 4.69) is 29.8 Å². The summed E-state index contributed by atoms with van der Waals surface area (Å²) >= 11 is 3.65. The molecule has 0 bridgehead atoms. The predicted molar refractivity (Wildman–Crippen MR) is 74.8 cm³/mol. The minimum Gasteiger partial charge on any atom is -0.0925 e. The molecule has 0 saturated heterocycles. The molecule has 92 valence electrons. The third-order valence-corrected chi connectivity index (χ3v) is 4.07. The Balaban J connectivity index is 3.29. The molecular formula is C14H29Br. The smallest absolute Gasteiger partial charge is 0.00596 e. The van der Waals surface area contributed by atoms with Gasteiger partial charge in [-0.3, -0.25) is 0 Å². The highest BCUT2D eigenvalue weighted by atomic mass is 79.9. The molecule has 0 aliphatic heterocycles. The fraction of sp³-hybridized carbons (Fsp3) is 1.00. The van der Waals surface area contributed by atoms with Gasteiger partial charge in [0.25, 0.3) is 0 Å². The summed E-state index contributed by atoms with van der Waals surface area (Å²) in [5.74, 6) is 0.943. The molecule has 0 heterocycles. The highest BCUT2D eigenvalue weighted by Crippen LogP contribution is 2.20. The van der Waals surface area contributed by atoms with Crippen LogP contribution in [0.4, 0.5) is 0 Å². The summed E-state index contributed by atoms with van der Waals surface area (Å²) < 4.78 is 0. The van der Waals surface area contributed by atoms with Crippen LogP contribution in [0.25, 0.3) is 0 Å². The fourth-order valence-electron chi connectivity index (χ4n) is 2.02. The van der Waals surface area contributed by atoms with Crippen LogP contribution in [0.1, 0.15) is 78.1 Å². The van der Waals surface area contributed by atoms with Crippen LogP contribution in [0.2, 0.25) is 0 Å². The van der Waals surface area contributed by atoms with E-state index < -0.39 is 0 Å². The summed E-state index contributed by atoms with van der Waals surface area (Å²) in [6, 6.07) is 0. The second-order valence-electron chi connectivity index (χ2n) is 4.72. The van der Waals surface area contributed by atoms with Crippen LogP contribution in [-0.4, -0.2) is 5.33 Å². The van der Waals surface area contributed by atoms with Crippen molar-refractivity contribution >= 4 is 15.9 Å². The Morgan fingerprint density at radius 1 is 0.733 bits per heavy atom. The zero-order valence-electron chi connectivity index (χ0n) is 10.7. The second kappa shape index (κ2) is 12.5. The van der Waals surface area contributed by atoms with E-state index in [1.807, 2.05) is 0 Å². The first-order chi connectivity index (χ1) is 7.35. The van der Waals surface area contributed by atoms with E-state index in [1.54, 1.807) is 0 Å². The van der Waals surface area contributed by atoms with Gasteiger partial charge >= 0.3 is 0 Å². The van der Waals surface area contributed by atoms with Gasteiger partial charge in [-0.05, 0) is 18.8 Å². The van der Waals surface area contributed by atoms with E-state index in [1.165, 1.54) is 69.5 Å². The van der Waals surface area contributed by atoms with E-state index in [0.717, 1.165) is 5.92 Å². The SMILES string of the molecule is CCCCCCC(CBr)CCCCCC. The first-order valence-corrected chi connectivity index (χ1v) is 8.03. The molecule has 0 amide bonds. The molecule has 0 N–H and O–H groups in total. The van der Waals surface area contributed by atoms with Crippen molar-refractivity contribution < 1.29 is 0 Å². The zero-order valence-corrected chi connectivity index (χ0v) is 12.3. The van der Waals surface area contributed by atoms with Gasteiger partial charge in [-0.25, -0.2) is 0 Å². The van der Waals surface area contributed by atoms with Gasteiger partial charge in [-0.1, -0.05) is 81.1 Å². The lowest BCUT2D eigenvalue weighted by Crippen LogP contribution is -2.02. The minimum atomic E-state index is 0.943. The summed E-state index contributed by atoms with van der Waals surface area (Å²) in [4.78, 5) is 0. The molecule has 0 nitrogen and oxygen atoms in total. The standard InChI is InChI=1S/C14H29Br/c1-3-5-7-9-11-14(13-15)12-10-8-6-4-2/h14H,3-13H2,1-2H3. The van der Waals surface area contributed by atoms with Gasteiger partial charge in [0.05, 0.1) is 0 Å². The van der Waals surface area contributed by atoms with Gasteiger partial charge in [0.1, 0.15) is 0 Å². The fourth-order valence-corrected chi connectivity index (χ4v) is 2.67. The minimum absolute atomic E-state index is 0.943. The van der Waals surface area contributed by atoms with Crippen molar-refractivity contribution in [2.24, 2.45) is 5.92 Å². The molecule has 1 heteroatoms. The molecule has 15 heavy (non-hydrogen) atoms. The van der Waals surface area contributed by atoms with Crippen LogP contribution in [0.5, 0.6) is 0 Å². The molecule has 0 aromatic rings. The lowest BCUT2D eigenvalue weighted by molar-refractivity contribution is 0.444. The number of rotatable bonds is 11. The Morgan fingerprint density at radius 2 is 1.20 bits per heavy atom. The highest BCUT2D eigenvalue weighted by Gasteiger charge is 2.06. The van der Waals surface area contributed by atoms with Gasteiger partial charge in [0, 0.05) is 5.33 Å². The molecule has 0 saturated carbocycles. The Kier molecular flexibility index (Phi) is 13.0. The Bertz CT molecular complexity index is 99.9. The van der Waals surface area contributed by atoms with Crippen molar-refractivity contribution in [3.63, 3.8) is 0 Å². The normalized spacial score (nSPS) is 11.2. The van der Waals surface area contributed by atoms with E-state index in [0.29, 0.717) is 0 Å². The first kappa shape index (κ1) is 15.5. The molecule has 0 aromatic carbocycles. The predicted octanol–water partition coefficient (Wildman–Crippen LogP) is 5.94. The van der Waals surface area contributed by atoms with E-state index in [-0.39, 0.29) is 0 Å². The summed E-state index contributed by atoms with van der Waals surface area (Å²) in [7, 11) is 0. The number of unbranched alkanes of at least 4 members (excludes halogenated alkanes) is 6. The molecule has 0 aliphatic carbocycles. The maximum Gasteiger partial charge on any atom is 0.00596 e. The molecule has 0 rings (SSSR count). The van der Waals surface area contributed by atoms with E-state index >= 15 is 0 Å². The van der Waals surface area contributed by atoms with Gasteiger partial charge in [-0.2, -0.15) is 0 Å². The highest BCUT2D eigenvalue weighted by molar-refractivity contribution is 9.09. The third-order valence-electron chi connectivity index (χ3n) is 3.15. The monoisotopic (exact) mass is 276 g/mol. The molecular weight excluding hydrogens is 248 g/mol. The first-order valence-electron chi connectivity index (χ1n) is 6.91. The van der Waals surface area contributed by atoms with Crippen molar-refractivity contribution in [3.05, 3.63) is 0 Å². The Labute approximate surface area is 105 Å². The average molecular weight is 277 g/mol. The molecule has 0 fully saturated rings. The van der Waals surface area contributed by atoms with Crippen LogP contribution in [0.15, 0.2) is 0 Å². The summed E-state index contributed by atoms with van der Waals surface area (Å²) in [6.07, 6.45) is 14.2. The van der Waals surface area contributed by atoms with Crippen molar-refractivity contribution in [2.75, 3.05) is 5.33 Å². The van der Waals surface area contributed by atoms with Crippen molar-refractivity contribution in [1.29, 1.82) is 0 Å². The topological polar surface area (TPSA) is 0 Å². The lowest BCUT2D eigenvalue weighted by Gasteiger charge is -2.13. The average Bonchev–Trinajstić information content (AvgIpc) is 2.27. The van der Waals surface area contributed by atoms with Crippen LogP contribution < -0.4 is 0 Å². The molecule has 0 radical (unpaired) electrons. The van der Waals surface area contributed by atoms with Crippen molar-refractivity contribution in [1.82, 2.24) is 0 Å². The summed E-state index contributed by atoms with van der Waals surface area (Å²) in [5, 5.41) is 1.21. The molecule has 0 aromatic heterocycles. The van der Waals surface area contributed by atoms with Crippen molar-refractivity contribution in [2.45, 2.75) is 78.1 Å². The van der Waals surface area contributed by atoms with E-state index in [4.69, 9.17) is 0 Å². The van der Waals surface area contributed by atoms with Crippen LogP contribution in [0, 0.1) is 5.92 Å². The molecule has 0 atom stereocenters. The maximum absolute atomic E-state index is 3.65. The van der Waals surface area contributed by atoms with Crippen molar-refractivity contribution in [3.8, 4) is 0 Å². The maximum atomic E-state index is 3.65. The van der Waals surface area contributed by atoms with E-state index in [9.17, 15) is 0 Å².